The van der Waals surface area contributed by atoms with Crippen LogP contribution in [-0.4, -0.2) is 22.7 Å². The zero-order valence-corrected chi connectivity index (χ0v) is 10.8. The molecule has 0 spiro atoms. The number of rotatable bonds is 4. The first-order chi connectivity index (χ1) is 7.74. The Kier molecular flexibility index (Phi) is 3.95. The Balaban J connectivity index is 2.15. The van der Waals surface area contributed by atoms with Gasteiger partial charge in [-0.2, -0.15) is 0 Å². The fourth-order valence-electron chi connectivity index (χ4n) is 2.18. The second-order valence-corrected chi connectivity index (χ2v) is 5.58. The van der Waals surface area contributed by atoms with Crippen molar-refractivity contribution in [3.8, 4) is 0 Å². The molecule has 90 valence electrons. The van der Waals surface area contributed by atoms with Crippen LogP contribution in [0.25, 0.3) is 0 Å². The van der Waals surface area contributed by atoms with Crippen molar-refractivity contribution < 1.29 is 5.11 Å². The predicted molar refractivity (Wildman–Crippen MR) is 66.9 cm³/mol. The SMILES string of the molecule is CCc1nc2c(s1)C(N[C@H](C)CO)CCC2. The minimum Gasteiger partial charge on any atom is -0.395 e. The molecule has 1 aromatic heterocycles. The van der Waals surface area contributed by atoms with Crippen molar-refractivity contribution in [3.63, 3.8) is 0 Å². The summed E-state index contributed by atoms with van der Waals surface area (Å²) in [6, 6.07) is 0.576. The van der Waals surface area contributed by atoms with Gasteiger partial charge >= 0.3 is 0 Å². The molecule has 0 fully saturated rings. The Hall–Kier alpha value is -0.450. The Labute approximate surface area is 101 Å². The van der Waals surface area contributed by atoms with Crippen molar-refractivity contribution in [1.82, 2.24) is 10.3 Å². The van der Waals surface area contributed by atoms with Crippen LogP contribution >= 0.6 is 11.3 Å². The van der Waals surface area contributed by atoms with Crippen LogP contribution in [0.3, 0.4) is 0 Å². The maximum absolute atomic E-state index is 9.09. The van der Waals surface area contributed by atoms with Crippen LogP contribution in [0.15, 0.2) is 0 Å². The molecule has 0 amide bonds. The summed E-state index contributed by atoms with van der Waals surface area (Å²) in [6.07, 6.45) is 4.52. The van der Waals surface area contributed by atoms with Gasteiger partial charge in [0.1, 0.15) is 0 Å². The molecule has 1 aromatic rings. The Morgan fingerprint density at radius 3 is 3.12 bits per heavy atom. The standard InChI is InChI=1S/C12H20N2OS/c1-3-11-14-10-6-4-5-9(12(10)16-11)13-8(2)7-15/h8-9,13,15H,3-7H2,1-2H3/t8-,9?/m1/s1. The Morgan fingerprint density at radius 2 is 2.44 bits per heavy atom. The van der Waals surface area contributed by atoms with E-state index in [2.05, 4.69) is 17.2 Å². The number of aryl methyl sites for hydroxylation is 2. The molecule has 16 heavy (non-hydrogen) atoms. The molecule has 4 heteroatoms. The summed E-state index contributed by atoms with van der Waals surface area (Å²) in [6.45, 7) is 4.38. The molecule has 0 saturated carbocycles. The second kappa shape index (κ2) is 5.25. The largest absolute Gasteiger partial charge is 0.395 e. The summed E-state index contributed by atoms with van der Waals surface area (Å²) in [5.41, 5.74) is 1.29. The summed E-state index contributed by atoms with van der Waals surface area (Å²) in [7, 11) is 0. The van der Waals surface area contributed by atoms with Gasteiger partial charge in [0.15, 0.2) is 0 Å². The number of hydrogen-bond donors (Lipinski definition) is 2. The number of fused-ring (bicyclic) bond motifs is 1. The van der Waals surface area contributed by atoms with Gasteiger partial charge in [0, 0.05) is 17.0 Å². The van der Waals surface area contributed by atoms with Gasteiger partial charge in [-0.15, -0.1) is 11.3 Å². The summed E-state index contributed by atoms with van der Waals surface area (Å²) < 4.78 is 0. The lowest BCUT2D eigenvalue weighted by Gasteiger charge is -2.25. The third-order valence-corrected chi connectivity index (χ3v) is 4.41. The molecule has 0 saturated heterocycles. The maximum Gasteiger partial charge on any atom is 0.0928 e. The average Bonchev–Trinajstić information content (AvgIpc) is 2.73. The first kappa shape index (κ1) is 12.0. The van der Waals surface area contributed by atoms with E-state index in [9.17, 15) is 0 Å². The molecule has 0 aromatic carbocycles. The van der Waals surface area contributed by atoms with Crippen molar-refractivity contribution in [2.24, 2.45) is 0 Å². The first-order valence-electron chi connectivity index (χ1n) is 6.10. The molecule has 0 aliphatic heterocycles. The fourth-order valence-corrected chi connectivity index (χ4v) is 3.32. The third kappa shape index (κ3) is 2.44. The quantitative estimate of drug-likeness (QED) is 0.846. The van der Waals surface area contributed by atoms with E-state index < -0.39 is 0 Å². The Bertz CT molecular complexity index is 351. The van der Waals surface area contributed by atoms with Gasteiger partial charge in [-0.1, -0.05) is 6.92 Å². The fraction of sp³-hybridized carbons (Fsp3) is 0.750. The lowest BCUT2D eigenvalue weighted by molar-refractivity contribution is 0.237. The highest BCUT2D eigenvalue weighted by atomic mass is 32.1. The number of hydrogen-bond acceptors (Lipinski definition) is 4. The highest BCUT2D eigenvalue weighted by Gasteiger charge is 2.24. The zero-order chi connectivity index (χ0) is 11.5. The number of nitrogens with one attached hydrogen (secondary N) is 1. The molecule has 0 bridgehead atoms. The molecule has 3 nitrogen and oxygen atoms in total. The van der Waals surface area contributed by atoms with E-state index in [1.165, 1.54) is 28.4 Å². The minimum absolute atomic E-state index is 0.170. The van der Waals surface area contributed by atoms with Crippen LogP contribution in [0, 0.1) is 0 Å². The maximum atomic E-state index is 9.09. The van der Waals surface area contributed by atoms with E-state index in [4.69, 9.17) is 5.11 Å². The number of aromatic nitrogens is 1. The van der Waals surface area contributed by atoms with E-state index in [1.54, 1.807) is 0 Å². The molecule has 1 heterocycles. The topological polar surface area (TPSA) is 45.2 Å². The number of aliphatic hydroxyl groups is 1. The summed E-state index contributed by atoms with van der Waals surface area (Å²) in [5.74, 6) is 0. The molecular weight excluding hydrogens is 220 g/mol. The van der Waals surface area contributed by atoms with E-state index in [0.29, 0.717) is 6.04 Å². The first-order valence-corrected chi connectivity index (χ1v) is 6.91. The van der Waals surface area contributed by atoms with E-state index >= 15 is 0 Å². The van der Waals surface area contributed by atoms with Gasteiger partial charge in [-0.3, -0.25) is 0 Å². The van der Waals surface area contributed by atoms with Gasteiger partial charge in [-0.25, -0.2) is 4.98 Å². The second-order valence-electron chi connectivity index (χ2n) is 4.47. The van der Waals surface area contributed by atoms with Crippen molar-refractivity contribution in [3.05, 3.63) is 15.6 Å². The van der Waals surface area contributed by atoms with Crippen molar-refractivity contribution in [2.75, 3.05) is 6.61 Å². The molecule has 2 rings (SSSR count). The average molecular weight is 240 g/mol. The van der Waals surface area contributed by atoms with Crippen molar-refractivity contribution >= 4 is 11.3 Å². The smallest absolute Gasteiger partial charge is 0.0928 e. The van der Waals surface area contributed by atoms with E-state index in [1.807, 2.05) is 18.3 Å². The van der Waals surface area contributed by atoms with E-state index in [-0.39, 0.29) is 12.6 Å². The molecule has 2 N–H and O–H groups in total. The molecular formula is C12H20N2OS. The van der Waals surface area contributed by atoms with Crippen LogP contribution in [-0.2, 0) is 12.8 Å². The number of thiazole rings is 1. The molecule has 1 aliphatic rings. The monoisotopic (exact) mass is 240 g/mol. The highest BCUT2D eigenvalue weighted by Crippen LogP contribution is 2.34. The third-order valence-electron chi connectivity index (χ3n) is 3.06. The molecule has 2 atom stereocenters. The van der Waals surface area contributed by atoms with E-state index in [0.717, 1.165) is 12.8 Å². The van der Waals surface area contributed by atoms with Crippen LogP contribution in [0.4, 0.5) is 0 Å². The minimum atomic E-state index is 0.170. The van der Waals surface area contributed by atoms with Gasteiger partial charge in [0.2, 0.25) is 0 Å². The zero-order valence-electron chi connectivity index (χ0n) is 9.99. The number of nitrogens with zero attached hydrogens (tertiary/aromatic N) is 1. The molecule has 1 unspecified atom stereocenters. The van der Waals surface area contributed by atoms with Gasteiger partial charge < -0.3 is 10.4 Å². The summed E-state index contributed by atoms with van der Waals surface area (Å²) in [5, 5.41) is 13.8. The molecule has 1 aliphatic carbocycles. The van der Waals surface area contributed by atoms with Crippen LogP contribution in [0.5, 0.6) is 0 Å². The molecule has 0 radical (unpaired) electrons. The van der Waals surface area contributed by atoms with Gasteiger partial charge in [0.25, 0.3) is 0 Å². The summed E-state index contributed by atoms with van der Waals surface area (Å²) in [4.78, 5) is 6.07. The highest BCUT2D eigenvalue weighted by molar-refractivity contribution is 7.11. The Morgan fingerprint density at radius 1 is 1.62 bits per heavy atom. The van der Waals surface area contributed by atoms with Crippen molar-refractivity contribution in [2.45, 2.75) is 51.6 Å². The predicted octanol–water partition coefficient (Wildman–Crippen LogP) is 2.05. The number of aliphatic hydroxyl groups excluding tert-OH is 1. The van der Waals surface area contributed by atoms with Crippen LogP contribution in [0.2, 0.25) is 0 Å². The lowest BCUT2D eigenvalue weighted by atomic mass is 9.97. The van der Waals surface area contributed by atoms with Gasteiger partial charge in [-0.05, 0) is 32.6 Å². The summed E-state index contributed by atoms with van der Waals surface area (Å²) >= 11 is 1.84. The van der Waals surface area contributed by atoms with Crippen LogP contribution in [0.1, 0.15) is 48.3 Å². The normalized spacial score (nSPS) is 21.8. The van der Waals surface area contributed by atoms with Crippen molar-refractivity contribution in [1.29, 1.82) is 0 Å². The lowest BCUT2D eigenvalue weighted by Crippen LogP contribution is -2.34. The van der Waals surface area contributed by atoms with Crippen LogP contribution < -0.4 is 5.32 Å². The van der Waals surface area contributed by atoms with Gasteiger partial charge in [0.05, 0.1) is 17.3 Å².